The lowest BCUT2D eigenvalue weighted by molar-refractivity contribution is -0.139. The minimum atomic E-state index is -3.40. The number of carboxylic acids is 1. The standard InChI is InChI=1S/C25H32N2O7S2/c1-17-6-4-5-7-20(17)22-14-18(15-27-12-10-19(16-27)36(3,33)34)8-9-21(22)24(28)26-23(25(29)30)11-13-35(2,31)32/h4-9,14,19,23H,10-13,15-16H2,1-3H3,(H,26,28)(H,29,30). The summed E-state index contributed by atoms with van der Waals surface area (Å²) < 4.78 is 46.8. The van der Waals surface area contributed by atoms with E-state index in [1.54, 1.807) is 12.1 Å². The lowest BCUT2D eigenvalue weighted by atomic mass is 9.93. The average molecular weight is 537 g/mol. The Balaban J connectivity index is 1.90. The number of nitrogens with one attached hydrogen (secondary N) is 1. The molecule has 1 saturated heterocycles. The van der Waals surface area contributed by atoms with Crippen LogP contribution in [0.25, 0.3) is 11.1 Å². The number of amides is 1. The van der Waals surface area contributed by atoms with Gasteiger partial charge in [-0.2, -0.15) is 0 Å². The fourth-order valence-corrected chi connectivity index (χ4v) is 6.04. The first kappa shape index (κ1) is 27.8. The molecular weight excluding hydrogens is 504 g/mol. The van der Waals surface area contributed by atoms with Gasteiger partial charge in [0.25, 0.3) is 5.91 Å². The topological polar surface area (TPSA) is 138 Å². The molecule has 3 rings (SSSR count). The van der Waals surface area contributed by atoms with E-state index in [4.69, 9.17) is 0 Å². The first-order chi connectivity index (χ1) is 16.7. The lowest BCUT2D eigenvalue weighted by Gasteiger charge is -2.20. The molecule has 2 atom stereocenters. The molecule has 0 aliphatic carbocycles. The van der Waals surface area contributed by atoms with E-state index in [0.29, 0.717) is 31.6 Å². The van der Waals surface area contributed by atoms with E-state index in [9.17, 15) is 31.5 Å². The van der Waals surface area contributed by atoms with Crippen molar-refractivity contribution in [2.45, 2.75) is 37.6 Å². The van der Waals surface area contributed by atoms with Crippen molar-refractivity contribution in [1.82, 2.24) is 10.2 Å². The van der Waals surface area contributed by atoms with Crippen LogP contribution >= 0.6 is 0 Å². The fourth-order valence-electron chi connectivity index (χ4n) is 4.36. The maximum atomic E-state index is 13.2. The summed E-state index contributed by atoms with van der Waals surface area (Å²) in [5, 5.41) is 11.6. The normalized spacial score (nSPS) is 17.6. The van der Waals surface area contributed by atoms with Crippen molar-refractivity contribution in [2.75, 3.05) is 31.4 Å². The van der Waals surface area contributed by atoms with Gasteiger partial charge in [0.2, 0.25) is 0 Å². The molecule has 36 heavy (non-hydrogen) atoms. The summed E-state index contributed by atoms with van der Waals surface area (Å²) in [6.07, 6.45) is 2.61. The third-order valence-corrected chi connectivity index (χ3v) is 8.96. The monoisotopic (exact) mass is 536 g/mol. The third kappa shape index (κ3) is 7.37. The number of hydrogen-bond acceptors (Lipinski definition) is 7. The SMILES string of the molecule is Cc1ccccc1-c1cc(CN2CCC(S(C)(=O)=O)C2)ccc1C(=O)NC(CCS(C)(=O)=O)C(=O)O. The number of hydrogen-bond donors (Lipinski definition) is 2. The summed E-state index contributed by atoms with van der Waals surface area (Å²) >= 11 is 0. The van der Waals surface area contributed by atoms with Gasteiger partial charge >= 0.3 is 5.97 Å². The minimum Gasteiger partial charge on any atom is -0.480 e. The number of aliphatic carboxylic acids is 1. The van der Waals surface area contributed by atoms with Gasteiger partial charge in [-0.1, -0.05) is 30.3 Å². The number of carboxylic acid groups (broad SMARTS) is 1. The van der Waals surface area contributed by atoms with Crippen LogP contribution in [0, 0.1) is 6.92 Å². The number of benzene rings is 2. The second-order valence-electron chi connectivity index (χ2n) is 9.45. The molecule has 0 aromatic heterocycles. The maximum Gasteiger partial charge on any atom is 0.326 e. The molecular formula is C25H32N2O7S2. The van der Waals surface area contributed by atoms with Crippen molar-refractivity contribution in [3.63, 3.8) is 0 Å². The number of likely N-dealkylation sites (tertiary alicyclic amines) is 1. The number of aryl methyl sites for hydroxylation is 1. The highest BCUT2D eigenvalue weighted by molar-refractivity contribution is 7.91. The van der Waals surface area contributed by atoms with Gasteiger partial charge in [0, 0.05) is 31.2 Å². The molecule has 2 aromatic carbocycles. The van der Waals surface area contributed by atoms with Crippen molar-refractivity contribution < 1.29 is 31.5 Å². The summed E-state index contributed by atoms with van der Waals surface area (Å²) in [6, 6.07) is 11.4. The Hall–Kier alpha value is -2.76. The molecule has 0 saturated carbocycles. The number of nitrogens with zero attached hydrogens (tertiary/aromatic N) is 1. The molecule has 9 nitrogen and oxygen atoms in total. The Morgan fingerprint density at radius 1 is 1.08 bits per heavy atom. The Kier molecular flexibility index (Phi) is 8.58. The predicted octanol–water partition coefficient (Wildman–Crippen LogP) is 1.90. The van der Waals surface area contributed by atoms with Crippen LogP contribution in [0.3, 0.4) is 0 Å². The summed E-state index contributed by atoms with van der Waals surface area (Å²) in [5.41, 5.74) is 3.52. The molecule has 11 heteroatoms. The van der Waals surface area contributed by atoms with Crippen LogP contribution in [-0.4, -0.2) is 81.4 Å². The Morgan fingerprint density at radius 2 is 1.78 bits per heavy atom. The molecule has 2 N–H and O–H groups in total. The summed E-state index contributed by atoms with van der Waals surface area (Å²) in [4.78, 5) is 26.9. The second kappa shape index (κ2) is 11.1. The molecule has 1 heterocycles. The highest BCUT2D eigenvalue weighted by Crippen LogP contribution is 2.29. The van der Waals surface area contributed by atoms with E-state index in [1.807, 2.05) is 37.3 Å². The zero-order valence-corrected chi connectivity index (χ0v) is 22.2. The van der Waals surface area contributed by atoms with Crippen LogP contribution in [0.4, 0.5) is 0 Å². The van der Waals surface area contributed by atoms with E-state index in [2.05, 4.69) is 10.2 Å². The van der Waals surface area contributed by atoms with E-state index in [0.717, 1.165) is 22.9 Å². The van der Waals surface area contributed by atoms with Crippen LogP contribution in [0.1, 0.15) is 34.3 Å². The van der Waals surface area contributed by atoms with Gasteiger partial charge in [-0.05, 0) is 60.7 Å². The number of sulfone groups is 2. The molecule has 1 fully saturated rings. The largest absolute Gasteiger partial charge is 0.480 e. The lowest BCUT2D eigenvalue weighted by Crippen LogP contribution is -2.42. The highest BCUT2D eigenvalue weighted by Gasteiger charge is 2.30. The quantitative estimate of drug-likeness (QED) is 0.470. The van der Waals surface area contributed by atoms with Crippen molar-refractivity contribution in [3.05, 3.63) is 59.2 Å². The number of carbonyl (C=O) groups is 2. The molecule has 196 valence electrons. The molecule has 0 bridgehead atoms. The van der Waals surface area contributed by atoms with Gasteiger partial charge in [-0.3, -0.25) is 9.69 Å². The minimum absolute atomic E-state index is 0.242. The van der Waals surface area contributed by atoms with E-state index in [1.165, 1.54) is 6.26 Å². The van der Waals surface area contributed by atoms with Crippen LogP contribution in [0.2, 0.25) is 0 Å². The van der Waals surface area contributed by atoms with Gasteiger partial charge in [-0.25, -0.2) is 21.6 Å². The zero-order valence-electron chi connectivity index (χ0n) is 20.6. The van der Waals surface area contributed by atoms with Crippen molar-refractivity contribution >= 4 is 31.6 Å². The van der Waals surface area contributed by atoms with E-state index in [-0.39, 0.29) is 17.7 Å². The van der Waals surface area contributed by atoms with Crippen molar-refractivity contribution in [2.24, 2.45) is 0 Å². The molecule has 1 aliphatic rings. The first-order valence-electron chi connectivity index (χ1n) is 11.6. The Labute approximate surface area is 212 Å². The van der Waals surface area contributed by atoms with Gasteiger partial charge < -0.3 is 10.4 Å². The van der Waals surface area contributed by atoms with E-state index < -0.39 is 42.8 Å². The fraction of sp³-hybridized carbons (Fsp3) is 0.440. The highest BCUT2D eigenvalue weighted by atomic mass is 32.2. The van der Waals surface area contributed by atoms with Crippen LogP contribution in [0.15, 0.2) is 42.5 Å². The van der Waals surface area contributed by atoms with Gasteiger partial charge in [0.15, 0.2) is 9.84 Å². The predicted molar refractivity (Wildman–Crippen MR) is 138 cm³/mol. The van der Waals surface area contributed by atoms with Crippen molar-refractivity contribution in [1.29, 1.82) is 0 Å². The molecule has 1 amide bonds. The molecule has 2 unspecified atom stereocenters. The first-order valence-corrected chi connectivity index (χ1v) is 15.6. The van der Waals surface area contributed by atoms with E-state index >= 15 is 0 Å². The maximum absolute atomic E-state index is 13.2. The van der Waals surface area contributed by atoms with Gasteiger partial charge in [0.1, 0.15) is 15.9 Å². The summed E-state index contributed by atoms with van der Waals surface area (Å²) in [6.45, 7) is 3.52. The third-order valence-electron chi connectivity index (χ3n) is 6.39. The number of rotatable bonds is 10. The molecule has 0 radical (unpaired) electrons. The summed E-state index contributed by atoms with van der Waals surface area (Å²) in [7, 11) is -6.51. The average Bonchev–Trinajstić information content (AvgIpc) is 3.25. The van der Waals surface area contributed by atoms with Crippen LogP contribution in [0.5, 0.6) is 0 Å². The zero-order chi connectivity index (χ0) is 26.7. The van der Waals surface area contributed by atoms with Crippen LogP contribution in [-0.2, 0) is 31.0 Å². The molecule has 1 aliphatic heterocycles. The van der Waals surface area contributed by atoms with Crippen molar-refractivity contribution in [3.8, 4) is 11.1 Å². The smallest absolute Gasteiger partial charge is 0.326 e. The van der Waals surface area contributed by atoms with Gasteiger partial charge in [-0.15, -0.1) is 0 Å². The summed E-state index contributed by atoms with van der Waals surface area (Å²) in [5.74, 6) is -2.28. The number of carbonyl (C=O) groups excluding carboxylic acids is 1. The van der Waals surface area contributed by atoms with Gasteiger partial charge in [0.05, 0.1) is 11.0 Å². The Morgan fingerprint density at radius 3 is 2.36 bits per heavy atom. The molecule has 2 aromatic rings. The van der Waals surface area contributed by atoms with Crippen LogP contribution < -0.4 is 5.32 Å². The molecule has 0 spiro atoms. The second-order valence-corrected chi connectivity index (χ2v) is 14.0. The Bertz CT molecular complexity index is 1350.